The number of aryl methyl sites for hydroxylation is 1. The molecule has 0 radical (unpaired) electrons. The Hall–Kier alpha value is -1.32. The Morgan fingerprint density at radius 1 is 1.60 bits per heavy atom. The molecule has 1 aromatic heterocycles. The molecule has 1 heterocycles. The Morgan fingerprint density at radius 3 is 2.93 bits per heavy atom. The summed E-state index contributed by atoms with van der Waals surface area (Å²) >= 11 is 0. The largest absolute Gasteiger partial charge is 0.460 e. The maximum Gasteiger partial charge on any atom is 0.376 e. The maximum atomic E-state index is 11.4. The van der Waals surface area contributed by atoms with Crippen molar-refractivity contribution in [2.24, 2.45) is 5.92 Å². The van der Waals surface area contributed by atoms with Crippen LogP contribution in [0, 0.1) is 12.8 Å². The van der Waals surface area contributed by atoms with E-state index in [0.29, 0.717) is 24.1 Å². The van der Waals surface area contributed by atoms with Gasteiger partial charge in [-0.05, 0) is 32.6 Å². The van der Waals surface area contributed by atoms with E-state index in [2.05, 4.69) is 4.98 Å². The normalized spacial score (nSPS) is 15.3. The lowest BCUT2D eigenvalue weighted by Crippen LogP contribution is -2.04. The van der Waals surface area contributed by atoms with Crippen LogP contribution in [0.2, 0.25) is 0 Å². The van der Waals surface area contributed by atoms with Crippen molar-refractivity contribution in [1.29, 1.82) is 0 Å². The maximum absolute atomic E-state index is 11.4. The number of carbonyl (C=O) groups excluding carboxylic acids is 1. The summed E-state index contributed by atoms with van der Waals surface area (Å²) in [7, 11) is 0. The second-order valence-corrected chi connectivity index (χ2v) is 3.89. The molecule has 0 N–H and O–H groups in total. The second kappa shape index (κ2) is 4.04. The van der Waals surface area contributed by atoms with Gasteiger partial charge in [0.05, 0.1) is 12.3 Å². The van der Waals surface area contributed by atoms with Crippen LogP contribution in [0.1, 0.15) is 41.9 Å². The van der Waals surface area contributed by atoms with Gasteiger partial charge >= 0.3 is 5.97 Å². The summed E-state index contributed by atoms with van der Waals surface area (Å²) in [5.74, 6) is 1.22. The fourth-order valence-corrected chi connectivity index (χ4v) is 1.49. The molecule has 1 aliphatic rings. The van der Waals surface area contributed by atoms with Gasteiger partial charge in [0.1, 0.15) is 0 Å². The Labute approximate surface area is 88.6 Å². The molecule has 1 aliphatic carbocycles. The third-order valence-electron chi connectivity index (χ3n) is 2.46. The Kier molecular flexibility index (Phi) is 2.75. The molecule has 4 nitrogen and oxygen atoms in total. The highest BCUT2D eigenvalue weighted by molar-refractivity contribution is 5.87. The highest BCUT2D eigenvalue weighted by Gasteiger charge is 2.26. The molecule has 0 unspecified atom stereocenters. The summed E-state index contributed by atoms with van der Waals surface area (Å²) in [6.07, 6.45) is 3.34. The smallest absolute Gasteiger partial charge is 0.376 e. The van der Waals surface area contributed by atoms with E-state index in [1.807, 2.05) is 0 Å². The summed E-state index contributed by atoms with van der Waals surface area (Å²) in [5, 5.41) is 0. The predicted molar refractivity (Wildman–Crippen MR) is 53.6 cm³/mol. The summed E-state index contributed by atoms with van der Waals surface area (Å²) in [6, 6.07) is 0. The number of carbonyl (C=O) groups is 1. The number of nitrogens with zero attached hydrogens (tertiary/aromatic N) is 1. The van der Waals surface area contributed by atoms with Crippen LogP contribution in [0.15, 0.2) is 4.42 Å². The topological polar surface area (TPSA) is 52.3 Å². The molecule has 1 saturated carbocycles. The van der Waals surface area contributed by atoms with Crippen molar-refractivity contribution in [1.82, 2.24) is 4.98 Å². The van der Waals surface area contributed by atoms with Gasteiger partial charge in [0.25, 0.3) is 0 Å². The van der Waals surface area contributed by atoms with Crippen LogP contribution in [0.5, 0.6) is 0 Å². The Bertz CT molecular complexity index is 366. The quantitative estimate of drug-likeness (QED) is 0.713. The van der Waals surface area contributed by atoms with Crippen LogP contribution in [0.25, 0.3) is 0 Å². The van der Waals surface area contributed by atoms with Crippen LogP contribution < -0.4 is 0 Å². The van der Waals surface area contributed by atoms with Crippen molar-refractivity contribution >= 4 is 5.97 Å². The molecular weight excluding hydrogens is 194 g/mol. The number of esters is 1. The van der Waals surface area contributed by atoms with Crippen LogP contribution in [-0.4, -0.2) is 17.6 Å². The third kappa shape index (κ3) is 2.37. The first-order chi connectivity index (χ1) is 7.20. The molecule has 0 aromatic carbocycles. The van der Waals surface area contributed by atoms with Gasteiger partial charge in [0.2, 0.25) is 5.76 Å². The average molecular weight is 209 g/mol. The van der Waals surface area contributed by atoms with Crippen LogP contribution in [-0.2, 0) is 11.2 Å². The van der Waals surface area contributed by atoms with Crippen LogP contribution in [0.3, 0.4) is 0 Å². The second-order valence-electron chi connectivity index (χ2n) is 3.89. The molecule has 0 atom stereocenters. The lowest BCUT2D eigenvalue weighted by atomic mass is 10.3. The molecule has 2 rings (SSSR count). The summed E-state index contributed by atoms with van der Waals surface area (Å²) in [5.41, 5.74) is 0.629. The minimum Gasteiger partial charge on any atom is -0.460 e. The van der Waals surface area contributed by atoms with Crippen molar-refractivity contribution < 1.29 is 13.9 Å². The fourth-order valence-electron chi connectivity index (χ4n) is 1.49. The number of hydrogen-bond donors (Lipinski definition) is 0. The minimum absolute atomic E-state index is 0.257. The predicted octanol–water partition coefficient (Wildman–Crippen LogP) is 2.11. The molecule has 82 valence electrons. The monoisotopic (exact) mass is 209 g/mol. The minimum atomic E-state index is -0.412. The third-order valence-corrected chi connectivity index (χ3v) is 2.46. The van der Waals surface area contributed by atoms with E-state index in [0.717, 1.165) is 6.42 Å². The summed E-state index contributed by atoms with van der Waals surface area (Å²) in [6.45, 7) is 3.90. The van der Waals surface area contributed by atoms with Gasteiger partial charge in [0.15, 0.2) is 5.89 Å². The average Bonchev–Trinajstić information content (AvgIpc) is 2.90. The number of aromatic nitrogens is 1. The van der Waals surface area contributed by atoms with Crippen LogP contribution >= 0.6 is 0 Å². The van der Waals surface area contributed by atoms with Gasteiger partial charge in [0, 0.05) is 6.42 Å². The van der Waals surface area contributed by atoms with E-state index in [1.165, 1.54) is 12.8 Å². The zero-order valence-electron chi connectivity index (χ0n) is 9.08. The summed E-state index contributed by atoms with van der Waals surface area (Å²) in [4.78, 5) is 15.7. The van der Waals surface area contributed by atoms with Gasteiger partial charge in [-0.3, -0.25) is 0 Å². The SMILES string of the molecule is CCOC(=O)c1oc(CC2CC2)nc1C. The zero-order chi connectivity index (χ0) is 10.8. The van der Waals surface area contributed by atoms with Gasteiger partial charge in [-0.25, -0.2) is 9.78 Å². The zero-order valence-corrected chi connectivity index (χ0v) is 9.08. The molecule has 0 amide bonds. The lowest BCUT2D eigenvalue weighted by molar-refractivity contribution is 0.0486. The number of ether oxygens (including phenoxy) is 1. The summed E-state index contributed by atoms with van der Waals surface area (Å²) < 4.78 is 10.3. The van der Waals surface area contributed by atoms with Crippen molar-refractivity contribution in [2.45, 2.75) is 33.1 Å². The van der Waals surface area contributed by atoms with Gasteiger partial charge < -0.3 is 9.15 Å². The highest BCUT2D eigenvalue weighted by Crippen LogP contribution is 2.32. The number of oxazole rings is 1. The van der Waals surface area contributed by atoms with Gasteiger partial charge in [-0.15, -0.1) is 0 Å². The molecule has 0 spiro atoms. The van der Waals surface area contributed by atoms with Gasteiger partial charge in [-0.2, -0.15) is 0 Å². The van der Waals surface area contributed by atoms with E-state index in [4.69, 9.17) is 9.15 Å². The van der Waals surface area contributed by atoms with Gasteiger partial charge in [-0.1, -0.05) is 0 Å². The molecule has 0 aliphatic heterocycles. The van der Waals surface area contributed by atoms with E-state index in [1.54, 1.807) is 13.8 Å². The molecule has 0 bridgehead atoms. The van der Waals surface area contributed by atoms with E-state index >= 15 is 0 Å². The fraction of sp³-hybridized carbons (Fsp3) is 0.636. The number of hydrogen-bond acceptors (Lipinski definition) is 4. The first kappa shape index (κ1) is 10.2. The molecule has 0 saturated heterocycles. The van der Waals surface area contributed by atoms with E-state index < -0.39 is 5.97 Å². The molecular formula is C11H15NO3. The molecule has 1 fully saturated rings. The van der Waals surface area contributed by atoms with Crippen molar-refractivity contribution in [3.63, 3.8) is 0 Å². The highest BCUT2D eigenvalue weighted by atomic mass is 16.5. The molecule has 1 aromatic rings. The molecule has 15 heavy (non-hydrogen) atoms. The van der Waals surface area contributed by atoms with E-state index in [9.17, 15) is 4.79 Å². The van der Waals surface area contributed by atoms with Crippen molar-refractivity contribution in [2.75, 3.05) is 6.61 Å². The standard InChI is InChI=1S/C11H15NO3/c1-3-14-11(13)10-7(2)12-9(15-10)6-8-4-5-8/h8H,3-6H2,1-2H3. The first-order valence-corrected chi connectivity index (χ1v) is 5.34. The molecule has 4 heteroatoms. The lowest BCUT2D eigenvalue weighted by Gasteiger charge is -1.97. The van der Waals surface area contributed by atoms with Crippen LogP contribution in [0.4, 0.5) is 0 Å². The number of rotatable bonds is 4. The Balaban J connectivity index is 2.09. The first-order valence-electron chi connectivity index (χ1n) is 5.34. The van der Waals surface area contributed by atoms with Crippen molar-refractivity contribution in [3.8, 4) is 0 Å². The van der Waals surface area contributed by atoms with E-state index in [-0.39, 0.29) is 5.76 Å². The van der Waals surface area contributed by atoms with Crippen molar-refractivity contribution in [3.05, 3.63) is 17.3 Å². The Morgan fingerprint density at radius 2 is 2.33 bits per heavy atom.